The fraction of sp³-hybridized carbons (Fsp3) is 0.429. The molecule has 15 heavy (non-hydrogen) atoms. The van der Waals surface area contributed by atoms with E-state index in [1.807, 2.05) is 0 Å². The third-order valence-corrected chi connectivity index (χ3v) is 2.83. The van der Waals surface area contributed by atoms with Gasteiger partial charge in [0.05, 0.1) is 0 Å². The Balaban J connectivity index is 1.97. The molecule has 1 aromatic rings. The van der Waals surface area contributed by atoms with Crippen molar-refractivity contribution in [2.45, 2.75) is 38.7 Å². The predicted molar refractivity (Wildman–Crippen MR) is 63.2 cm³/mol. The number of ether oxygens (including phenoxy) is 1. The summed E-state index contributed by atoms with van der Waals surface area (Å²) >= 11 is 0. The van der Waals surface area contributed by atoms with Gasteiger partial charge < -0.3 is 4.74 Å². The van der Waals surface area contributed by atoms with Crippen LogP contribution in [0.4, 0.5) is 0 Å². The van der Waals surface area contributed by atoms with Crippen molar-refractivity contribution >= 4 is 0 Å². The Morgan fingerprint density at radius 3 is 2.67 bits per heavy atom. The van der Waals surface area contributed by atoms with Crippen molar-refractivity contribution in [2.24, 2.45) is 0 Å². The van der Waals surface area contributed by atoms with Crippen LogP contribution < -0.4 is 4.74 Å². The summed E-state index contributed by atoms with van der Waals surface area (Å²) in [6, 6.07) is 8.42. The van der Waals surface area contributed by atoms with Crippen LogP contribution in [0.15, 0.2) is 36.4 Å². The predicted octanol–water partition coefficient (Wildman–Crippen LogP) is 3.74. The van der Waals surface area contributed by atoms with Crippen molar-refractivity contribution in [3.05, 3.63) is 42.0 Å². The minimum atomic E-state index is 0.284. The van der Waals surface area contributed by atoms with E-state index in [-0.39, 0.29) is 6.10 Å². The Morgan fingerprint density at radius 1 is 1.27 bits per heavy atom. The van der Waals surface area contributed by atoms with Crippen LogP contribution in [0.5, 0.6) is 5.75 Å². The molecule has 1 unspecified atom stereocenters. The number of hydrogen-bond acceptors (Lipinski definition) is 1. The smallest absolute Gasteiger partial charge is 0.120 e. The van der Waals surface area contributed by atoms with Gasteiger partial charge in [0.2, 0.25) is 0 Å². The van der Waals surface area contributed by atoms with Crippen molar-refractivity contribution in [2.75, 3.05) is 0 Å². The topological polar surface area (TPSA) is 9.23 Å². The maximum atomic E-state index is 5.87. The third-order valence-electron chi connectivity index (χ3n) is 2.83. The van der Waals surface area contributed by atoms with E-state index in [2.05, 4.69) is 43.3 Å². The van der Waals surface area contributed by atoms with Crippen molar-refractivity contribution in [1.82, 2.24) is 0 Å². The van der Waals surface area contributed by atoms with Crippen LogP contribution in [0.1, 0.15) is 31.7 Å². The van der Waals surface area contributed by atoms with E-state index in [0.717, 1.165) is 18.6 Å². The molecule has 80 valence electrons. The van der Waals surface area contributed by atoms with Crippen molar-refractivity contribution in [3.63, 3.8) is 0 Å². The second kappa shape index (κ2) is 5.01. The summed E-state index contributed by atoms with van der Waals surface area (Å²) in [5.41, 5.74) is 1.36. The molecule has 0 aliphatic heterocycles. The molecular formula is C14H18O. The molecule has 0 saturated carbocycles. The van der Waals surface area contributed by atoms with E-state index < -0.39 is 0 Å². The summed E-state index contributed by atoms with van der Waals surface area (Å²) in [5, 5.41) is 0. The Hall–Kier alpha value is -1.24. The lowest BCUT2D eigenvalue weighted by atomic mass is 10.1. The van der Waals surface area contributed by atoms with E-state index in [1.54, 1.807) is 0 Å². The van der Waals surface area contributed by atoms with Gasteiger partial charge in [-0.15, -0.1) is 0 Å². The second-order valence-corrected chi connectivity index (χ2v) is 4.01. The van der Waals surface area contributed by atoms with E-state index in [4.69, 9.17) is 4.74 Å². The Labute approximate surface area is 91.8 Å². The van der Waals surface area contributed by atoms with Gasteiger partial charge in [-0.1, -0.05) is 25.1 Å². The normalized spacial score (nSPS) is 20.2. The summed E-state index contributed by atoms with van der Waals surface area (Å²) in [6.07, 6.45) is 9.36. The molecule has 1 aliphatic carbocycles. The maximum absolute atomic E-state index is 5.87. The molecule has 1 heteroatoms. The van der Waals surface area contributed by atoms with E-state index >= 15 is 0 Å². The van der Waals surface area contributed by atoms with Gasteiger partial charge in [-0.05, 0) is 49.5 Å². The van der Waals surface area contributed by atoms with Gasteiger partial charge in [-0.3, -0.25) is 0 Å². The number of benzene rings is 1. The average Bonchev–Trinajstić information content (AvgIpc) is 2.31. The molecule has 0 saturated heterocycles. The third kappa shape index (κ3) is 2.85. The molecule has 0 heterocycles. The lowest BCUT2D eigenvalue weighted by Gasteiger charge is -2.18. The van der Waals surface area contributed by atoms with Crippen LogP contribution in [0.3, 0.4) is 0 Å². The van der Waals surface area contributed by atoms with E-state index in [1.165, 1.54) is 18.4 Å². The largest absolute Gasteiger partial charge is 0.486 e. The zero-order valence-corrected chi connectivity index (χ0v) is 9.28. The summed E-state index contributed by atoms with van der Waals surface area (Å²) in [6.45, 7) is 2.17. The Morgan fingerprint density at radius 2 is 2.07 bits per heavy atom. The van der Waals surface area contributed by atoms with Crippen molar-refractivity contribution in [1.29, 1.82) is 0 Å². The maximum Gasteiger partial charge on any atom is 0.120 e. The van der Waals surface area contributed by atoms with Gasteiger partial charge in [-0.2, -0.15) is 0 Å². The first-order valence-electron chi connectivity index (χ1n) is 5.81. The van der Waals surface area contributed by atoms with Crippen molar-refractivity contribution < 1.29 is 4.74 Å². The highest BCUT2D eigenvalue weighted by Gasteiger charge is 2.09. The molecule has 0 radical (unpaired) electrons. The van der Waals surface area contributed by atoms with Crippen LogP contribution in [0, 0.1) is 0 Å². The summed E-state index contributed by atoms with van der Waals surface area (Å²) in [7, 11) is 0. The summed E-state index contributed by atoms with van der Waals surface area (Å²) in [4.78, 5) is 0. The molecule has 0 aromatic heterocycles. The molecule has 0 amide bonds. The molecule has 1 aliphatic rings. The monoisotopic (exact) mass is 202 g/mol. The molecule has 0 fully saturated rings. The highest BCUT2D eigenvalue weighted by molar-refractivity contribution is 5.27. The SMILES string of the molecule is CCc1ccc(OC2C=CCCC2)cc1. The molecule has 1 aromatic carbocycles. The van der Waals surface area contributed by atoms with Gasteiger partial charge in [0, 0.05) is 0 Å². The number of hydrogen-bond donors (Lipinski definition) is 0. The molecule has 0 bridgehead atoms. The van der Waals surface area contributed by atoms with Crippen LogP contribution in [-0.4, -0.2) is 6.10 Å². The zero-order valence-electron chi connectivity index (χ0n) is 9.28. The summed E-state index contributed by atoms with van der Waals surface area (Å²) < 4.78 is 5.87. The molecule has 2 rings (SSSR count). The van der Waals surface area contributed by atoms with Gasteiger partial charge in [0.15, 0.2) is 0 Å². The number of rotatable bonds is 3. The van der Waals surface area contributed by atoms with Gasteiger partial charge in [0.25, 0.3) is 0 Å². The first-order valence-corrected chi connectivity index (χ1v) is 5.81. The minimum Gasteiger partial charge on any atom is -0.486 e. The number of aryl methyl sites for hydroxylation is 1. The first kappa shape index (κ1) is 10.3. The highest BCUT2D eigenvalue weighted by atomic mass is 16.5. The molecule has 1 atom stereocenters. The van der Waals surface area contributed by atoms with Crippen LogP contribution >= 0.6 is 0 Å². The van der Waals surface area contributed by atoms with Crippen LogP contribution in [0.2, 0.25) is 0 Å². The quantitative estimate of drug-likeness (QED) is 0.678. The van der Waals surface area contributed by atoms with E-state index in [9.17, 15) is 0 Å². The average molecular weight is 202 g/mol. The highest BCUT2D eigenvalue weighted by Crippen LogP contribution is 2.19. The number of allylic oxidation sites excluding steroid dienone is 1. The van der Waals surface area contributed by atoms with Crippen LogP contribution in [0.25, 0.3) is 0 Å². The molecular weight excluding hydrogens is 184 g/mol. The minimum absolute atomic E-state index is 0.284. The Kier molecular flexibility index (Phi) is 3.44. The fourth-order valence-electron chi connectivity index (χ4n) is 1.86. The van der Waals surface area contributed by atoms with Crippen LogP contribution in [-0.2, 0) is 6.42 Å². The molecule has 1 nitrogen and oxygen atoms in total. The van der Waals surface area contributed by atoms with Gasteiger partial charge in [-0.25, -0.2) is 0 Å². The lowest BCUT2D eigenvalue weighted by Crippen LogP contribution is -2.15. The molecule has 0 spiro atoms. The lowest BCUT2D eigenvalue weighted by molar-refractivity contribution is 0.230. The standard InChI is InChI=1S/C14H18O/c1-2-12-8-10-14(11-9-12)15-13-6-4-3-5-7-13/h4,6,8-11,13H,2-3,5,7H2,1H3. The van der Waals surface area contributed by atoms with Gasteiger partial charge in [0.1, 0.15) is 11.9 Å². The van der Waals surface area contributed by atoms with Crippen molar-refractivity contribution in [3.8, 4) is 5.75 Å². The summed E-state index contributed by atoms with van der Waals surface area (Å²) in [5.74, 6) is 0.990. The fourth-order valence-corrected chi connectivity index (χ4v) is 1.86. The second-order valence-electron chi connectivity index (χ2n) is 4.01. The molecule has 0 N–H and O–H groups in total. The van der Waals surface area contributed by atoms with Gasteiger partial charge >= 0.3 is 0 Å². The van der Waals surface area contributed by atoms with E-state index in [0.29, 0.717) is 0 Å². The Bertz CT molecular complexity index is 324. The zero-order chi connectivity index (χ0) is 10.5. The first-order chi connectivity index (χ1) is 7.38.